The van der Waals surface area contributed by atoms with Crippen LogP contribution in [0.4, 0.5) is 11.4 Å². The fourth-order valence-electron chi connectivity index (χ4n) is 3.23. The molecule has 0 fully saturated rings. The minimum atomic E-state index is -3.96. The monoisotopic (exact) mass is 542 g/mol. The molecule has 3 aromatic carbocycles. The molecule has 0 aliphatic rings. The van der Waals surface area contributed by atoms with Crippen molar-refractivity contribution < 1.29 is 13.2 Å². The summed E-state index contributed by atoms with van der Waals surface area (Å²) in [5, 5.41) is 4.01. The van der Waals surface area contributed by atoms with E-state index in [0.29, 0.717) is 5.69 Å². The van der Waals surface area contributed by atoms with Crippen molar-refractivity contribution in [2.45, 2.75) is 18.7 Å². The molecule has 0 heterocycles. The van der Waals surface area contributed by atoms with Crippen LogP contribution in [-0.2, 0) is 14.8 Å². The van der Waals surface area contributed by atoms with Crippen LogP contribution in [-0.4, -0.2) is 41.2 Å². The molecule has 3 rings (SSSR count). The molecule has 178 valence electrons. The van der Waals surface area contributed by atoms with Crippen molar-refractivity contribution in [1.29, 1.82) is 0 Å². The SMILES string of the molecule is Cc1ccc(N(CC(=O)N/N=C\c2ccc(N(C)C)c(Br)c2)S(=O)(=O)c2ccccc2)cc1C. The maximum atomic E-state index is 13.4. The number of amides is 1. The highest BCUT2D eigenvalue weighted by Gasteiger charge is 2.27. The van der Waals surface area contributed by atoms with Crippen molar-refractivity contribution >= 4 is 49.4 Å². The van der Waals surface area contributed by atoms with E-state index in [0.717, 1.165) is 31.2 Å². The van der Waals surface area contributed by atoms with Gasteiger partial charge in [-0.2, -0.15) is 5.10 Å². The first-order valence-electron chi connectivity index (χ1n) is 10.5. The van der Waals surface area contributed by atoms with Gasteiger partial charge < -0.3 is 4.90 Å². The number of nitrogens with one attached hydrogen (secondary N) is 1. The van der Waals surface area contributed by atoms with Crippen LogP contribution in [0.5, 0.6) is 0 Å². The minimum Gasteiger partial charge on any atom is -0.377 e. The summed E-state index contributed by atoms with van der Waals surface area (Å²) in [6.07, 6.45) is 1.51. The Kier molecular flexibility index (Phi) is 8.11. The van der Waals surface area contributed by atoms with Gasteiger partial charge in [0.2, 0.25) is 0 Å². The summed E-state index contributed by atoms with van der Waals surface area (Å²) in [6.45, 7) is 3.43. The molecule has 3 aromatic rings. The fraction of sp³-hybridized carbons (Fsp3) is 0.200. The summed E-state index contributed by atoms with van der Waals surface area (Å²) in [4.78, 5) is 14.8. The van der Waals surface area contributed by atoms with E-state index in [9.17, 15) is 13.2 Å². The van der Waals surface area contributed by atoms with Gasteiger partial charge in [0.05, 0.1) is 22.5 Å². The van der Waals surface area contributed by atoms with Gasteiger partial charge in [-0.25, -0.2) is 13.8 Å². The Morgan fingerprint density at radius 3 is 2.32 bits per heavy atom. The van der Waals surface area contributed by atoms with Crippen molar-refractivity contribution in [3.05, 3.63) is 87.9 Å². The third-order valence-corrected chi connectivity index (χ3v) is 7.68. The molecule has 0 radical (unpaired) electrons. The first-order chi connectivity index (χ1) is 16.1. The molecule has 0 aliphatic carbocycles. The van der Waals surface area contributed by atoms with Crippen molar-refractivity contribution in [3.63, 3.8) is 0 Å². The number of anilines is 2. The molecule has 1 amide bonds. The number of benzene rings is 3. The number of hydrogen-bond acceptors (Lipinski definition) is 5. The van der Waals surface area contributed by atoms with Gasteiger partial charge in [0.15, 0.2) is 0 Å². The summed E-state index contributed by atoms with van der Waals surface area (Å²) < 4.78 is 28.8. The second kappa shape index (κ2) is 10.8. The maximum absolute atomic E-state index is 13.4. The third kappa shape index (κ3) is 6.03. The van der Waals surface area contributed by atoms with Gasteiger partial charge in [-0.05, 0) is 82.9 Å². The summed E-state index contributed by atoms with van der Waals surface area (Å²) in [6, 6.07) is 19.0. The second-order valence-electron chi connectivity index (χ2n) is 7.99. The number of hydrogen-bond donors (Lipinski definition) is 1. The second-order valence-corrected chi connectivity index (χ2v) is 10.7. The van der Waals surface area contributed by atoms with Crippen LogP contribution in [0.3, 0.4) is 0 Å². The van der Waals surface area contributed by atoms with Crippen molar-refractivity contribution in [1.82, 2.24) is 5.43 Å². The van der Waals surface area contributed by atoms with E-state index in [4.69, 9.17) is 0 Å². The Morgan fingerprint density at radius 1 is 1.00 bits per heavy atom. The molecule has 0 spiro atoms. The molecule has 0 unspecified atom stereocenters. The van der Waals surface area contributed by atoms with Gasteiger partial charge in [0, 0.05) is 18.6 Å². The van der Waals surface area contributed by atoms with E-state index in [1.54, 1.807) is 30.3 Å². The Labute approximate surface area is 209 Å². The van der Waals surface area contributed by atoms with Crippen LogP contribution in [0.15, 0.2) is 81.2 Å². The quantitative estimate of drug-likeness (QED) is 0.336. The van der Waals surface area contributed by atoms with Crippen LogP contribution in [0.25, 0.3) is 0 Å². The lowest BCUT2D eigenvalue weighted by atomic mass is 10.1. The highest BCUT2D eigenvalue weighted by Crippen LogP contribution is 2.26. The molecule has 1 N–H and O–H groups in total. The Balaban J connectivity index is 1.82. The molecule has 34 heavy (non-hydrogen) atoms. The summed E-state index contributed by atoms with van der Waals surface area (Å²) in [5.41, 5.74) is 6.59. The zero-order valence-electron chi connectivity index (χ0n) is 19.5. The lowest BCUT2D eigenvalue weighted by molar-refractivity contribution is -0.119. The molecule has 0 atom stereocenters. The zero-order valence-corrected chi connectivity index (χ0v) is 21.9. The molecule has 7 nitrogen and oxygen atoms in total. The van der Waals surface area contributed by atoms with E-state index < -0.39 is 22.5 Å². The lowest BCUT2D eigenvalue weighted by Crippen LogP contribution is -2.39. The van der Waals surface area contributed by atoms with E-state index in [1.807, 2.05) is 57.1 Å². The number of aryl methyl sites for hydroxylation is 2. The lowest BCUT2D eigenvalue weighted by Gasteiger charge is -2.24. The Hall–Kier alpha value is -3.17. The highest BCUT2D eigenvalue weighted by molar-refractivity contribution is 9.10. The van der Waals surface area contributed by atoms with Gasteiger partial charge in [0.25, 0.3) is 15.9 Å². The van der Waals surface area contributed by atoms with E-state index in [2.05, 4.69) is 26.5 Å². The maximum Gasteiger partial charge on any atom is 0.264 e. The topological polar surface area (TPSA) is 82.1 Å². The average molecular weight is 543 g/mol. The first-order valence-corrected chi connectivity index (χ1v) is 12.8. The van der Waals surface area contributed by atoms with Gasteiger partial charge >= 0.3 is 0 Å². The predicted octanol–water partition coefficient (Wildman–Crippen LogP) is 4.48. The third-order valence-electron chi connectivity index (χ3n) is 5.25. The largest absolute Gasteiger partial charge is 0.377 e. The van der Waals surface area contributed by atoms with Crippen molar-refractivity contribution in [2.24, 2.45) is 5.10 Å². The smallest absolute Gasteiger partial charge is 0.264 e. The zero-order chi connectivity index (χ0) is 24.9. The van der Waals surface area contributed by atoms with Crippen LogP contribution >= 0.6 is 15.9 Å². The molecule has 0 aliphatic heterocycles. The van der Waals surface area contributed by atoms with Crippen LogP contribution in [0.2, 0.25) is 0 Å². The first kappa shape index (κ1) is 25.5. The van der Waals surface area contributed by atoms with Gasteiger partial charge in [-0.3, -0.25) is 9.10 Å². The van der Waals surface area contributed by atoms with E-state index in [1.165, 1.54) is 18.3 Å². The van der Waals surface area contributed by atoms with Crippen LogP contribution in [0.1, 0.15) is 16.7 Å². The average Bonchev–Trinajstić information content (AvgIpc) is 2.79. The molecule has 0 saturated heterocycles. The number of halogens is 1. The van der Waals surface area contributed by atoms with Gasteiger partial charge in [0.1, 0.15) is 6.54 Å². The van der Waals surface area contributed by atoms with E-state index in [-0.39, 0.29) is 4.90 Å². The van der Waals surface area contributed by atoms with Crippen LogP contribution in [0, 0.1) is 13.8 Å². The number of hydrazone groups is 1. The Bertz CT molecular complexity index is 1310. The minimum absolute atomic E-state index is 0.107. The fourth-order valence-corrected chi connectivity index (χ4v) is 5.41. The number of rotatable bonds is 8. The molecule has 0 aromatic heterocycles. The van der Waals surface area contributed by atoms with Crippen molar-refractivity contribution in [2.75, 3.05) is 29.8 Å². The molecule has 0 bridgehead atoms. The molecular weight excluding hydrogens is 516 g/mol. The summed E-state index contributed by atoms with van der Waals surface area (Å²) in [5.74, 6) is -0.557. The normalized spacial score (nSPS) is 11.4. The Morgan fingerprint density at radius 2 is 1.71 bits per heavy atom. The predicted molar refractivity (Wildman–Crippen MR) is 141 cm³/mol. The number of sulfonamides is 1. The highest BCUT2D eigenvalue weighted by atomic mass is 79.9. The number of carbonyl (C=O) groups is 1. The van der Waals surface area contributed by atoms with Crippen molar-refractivity contribution in [3.8, 4) is 0 Å². The van der Waals surface area contributed by atoms with E-state index >= 15 is 0 Å². The summed E-state index contributed by atoms with van der Waals surface area (Å²) >= 11 is 3.52. The van der Waals surface area contributed by atoms with Crippen LogP contribution < -0.4 is 14.6 Å². The number of carbonyl (C=O) groups excluding carboxylic acids is 1. The van der Waals surface area contributed by atoms with Gasteiger partial charge in [-0.1, -0.05) is 30.3 Å². The standard InChI is InChI=1S/C25H27BrN4O3S/c1-18-10-12-21(14-19(18)2)30(34(32,33)22-8-6-5-7-9-22)17-25(31)28-27-16-20-11-13-24(29(3)4)23(26)15-20/h5-16H,17H2,1-4H3,(H,28,31)/b27-16-. The molecule has 9 heteroatoms. The summed E-state index contributed by atoms with van der Waals surface area (Å²) in [7, 11) is -0.0781. The van der Waals surface area contributed by atoms with Gasteiger partial charge in [-0.15, -0.1) is 0 Å². The number of nitrogens with zero attached hydrogens (tertiary/aromatic N) is 3. The molecule has 0 saturated carbocycles. The molecular formula is C25H27BrN4O3S.